The molecule has 2 heterocycles. The molecule has 3 aromatic rings. The van der Waals surface area contributed by atoms with Crippen LogP contribution in [-0.2, 0) is 11.2 Å². The first-order chi connectivity index (χ1) is 11.1. The molecule has 5 nitrogen and oxygen atoms in total. The Balaban J connectivity index is 1.69. The number of hydrogen-bond donors (Lipinski definition) is 1. The zero-order valence-corrected chi connectivity index (χ0v) is 12.1. The van der Waals surface area contributed by atoms with Crippen molar-refractivity contribution in [1.82, 2.24) is 14.6 Å². The second-order valence-electron chi connectivity index (χ2n) is 5.09. The summed E-state index contributed by atoms with van der Waals surface area (Å²) >= 11 is 0. The number of anilines is 1. The Morgan fingerprint density at radius 2 is 2.00 bits per heavy atom. The third-order valence-corrected chi connectivity index (χ3v) is 3.43. The molecule has 0 atom stereocenters. The van der Waals surface area contributed by atoms with E-state index in [-0.39, 0.29) is 12.1 Å². The zero-order chi connectivity index (χ0) is 16.3. The average molecular weight is 316 g/mol. The summed E-state index contributed by atoms with van der Waals surface area (Å²) in [6.45, 7) is 0. The van der Waals surface area contributed by atoms with Crippen molar-refractivity contribution in [2.45, 2.75) is 18.8 Å². The molecule has 0 aliphatic heterocycles. The Morgan fingerprint density at radius 1 is 1.22 bits per heavy atom. The Kier molecular flexibility index (Phi) is 4.01. The summed E-state index contributed by atoms with van der Waals surface area (Å²) in [5.74, 6) is -4.83. The number of halogens is 2. The van der Waals surface area contributed by atoms with Gasteiger partial charge in [-0.05, 0) is 18.1 Å². The molecule has 1 amide bonds. The summed E-state index contributed by atoms with van der Waals surface area (Å²) in [6, 6.07) is 10.5. The second-order valence-corrected chi connectivity index (χ2v) is 5.09. The van der Waals surface area contributed by atoms with Crippen molar-refractivity contribution < 1.29 is 13.6 Å². The maximum Gasteiger partial charge on any atom is 0.325 e. The number of fused-ring (bicyclic) bond motifs is 1. The lowest BCUT2D eigenvalue weighted by atomic mass is 10.1. The monoisotopic (exact) mass is 316 g/mol. The predicted octanol–water partition coefficient (Wildman–Crippen LogP) is 2.94. The van der Waals surface area contributed by atoms with Gasteiger partial charge in [-0.25, -0.2) is 9.50 Å². The number of nitrogens with one attached hydrogen (secondary N) is 1. The van der Waals surface area contributed by atoms with Crippen LogP contribution >= 0.6 is 0 Å². The van der Waals surface area contributed by atoms with Gasteiger partial charge < -0.3 is 5.32 Å². The van der Waals surface area contributed by atoms with Crippen LogP contribution in [0.1, 0.15) is 12.0 Å². The maximum absolute atomic E-state index is 14.0. The van der Waals surface area contributed by atoms with Gasteiger partial charge in [0.15, 0.2) is 5.65 Å². The fourth-order valence-corrected chi connectivity index (χ4v) is 2.19. The molecule has 23 heavy (non-hydrogen) atoms. The van der Waals surface area contributed by atoms with Crippen LogP contribution in [0, 0.1) is 0 Å². The van der Waals surface area contributed by atoms with Gasteiger partial charge in [0.25, 0.3) is 5.91 Å². The van der Waals surface area contributed by atoms with Crippen molar-refractivity contribution in [1.29, 1.82) is 0 Å². The molecular formula is C16H14F2N4O. The van der Waals surface area contributed by atoms with Crippen molar-refractivity contribution in [2.24, 2.45) is 0 Å². The van der Waals surface area contributed by atoms with E-state index in [0.717, 1.165) is 5.56 Å². The number of alkyl halides is 2. The topological polar surface area (TPSA) is 59.3 Å². The number of rotatable bonds is 5. The minimum Gasteiger partial charge on any atom is -0.316 e. The molecule has 0 radical (unpaired) electrons. The van der Waals surface area contributed by atoms with E-state index in [1.54, 1.807) is 36.5 Å². The molecule has 118 valence electrons. The minimum atomic E-state index is -3.47. The van der Waals surface area contributed by atoms with Gasteiger partial charge in [-0.1, -0.05) is 30.3 Å². The molecule has 0 spiro atoms. The minimum absolute atomic E-state index is 0.119. The van der Waals surface area contributed by atoms with Gasteiger partial charge in [0.05, 0.1) is 6.20 Å². The molecule has 7 heteroatoms. The molecule has 0 saturated heterocycles. The quantitative estimate of drug-likeness (QED) is 0.787. The molecule has 2 aromatic heterocycles. The molecule has 3 rings (SSSR count). The van der Waals surface area contributed by atoms with Crippen LogP contribution in [0.15, 0.2) is 55.0 Å². The van der Waals surface area contributed by atoms with Crippen molar-refractivity contribution in [3.63, 3.8) is 0 Å². The lowest BCUT2D eigenvalue weighted by Crippen LogP contribution is -2.35. The summed E-state index contributed by atoms with van der Waals surface area (Å²) < 4.78 is 29.5. The Morgan fingerprint density at radius 3 is 2.78 bits per heavy atom. The summed E-state index contributed by atoms with van der Waals surface area (Å²) in [7, 11) is 0. The standard InChI is InChI=1S/C16H14F2N4O/c17-16(18,8-7-12-5-2-1-3-6-12)15(23)21-13-11-20-22-10-4-9-19-14(13)22/h1-6,9-11H,7-8H2,(H,21,23). The van der Waals surface area contributed by atoms with Crippen LogP contribution in [0.25, 0.3) is 5.65 Å². The number of carbonyl (C=O) groups excluding carboxylic acids is 1. The molecule has 0 unspecified atom stereocenters. The van der Waals surface area contributed by atoms with E-state index in [0.29, 0.717) is 5.65 Å². The third kappa shape index (κ3) is 3.33. The van der Waals surface area contributed by atoms with Crippen molar-refractivity contribution >= 4 is 17.2 Å². The first-order valence-electron chi connectivity index (χ1n) is 7.08. The van der Waals surface area contributed by atoms with E-state index < -0.39 is 18.3 Å². The Hall–Kier alpha value is -2.83. The lowest BCUT2D eigenvalue weighted by molar-refractivity contribution is -0.140. The number of hydrogen-bond acceptors (Lipinski definition) is 3. The van der Waals surface area contributed by atoms with Gasteiger partial charge in [0.2, 0.25) is 0 Å². The van der Waals surface area contributed by atoms with Crippen LogP contribution in [-0.4, -0.2) is 26.4 Å². The van der Waals surface area contributed by atoms with Gasteiger partial charge >= 0.3 is 5.92 Å². The van der Waals surface area contributed by atoms with E-state index in [9.17, 15) is 13.6 Å². The number of aryl methyl sites for hydroxylation is 1. The first-order valence-corrected chi connectivity index (χ1v) is 7.08. The molecular weight excluding hydrogens is 302 g/mol. The Labute approximate surface area is 131 Å². The summed E-state index contributed by atoms with van der Waals surface area (Å²) in [5, 5.41) is 6.15. The zero-order valence-electron chi connectivity index (χ0n) is 12.1. The highest BCUT2D eigenvalue weighted by atomic mass is 19.3. The molecule has 0 aliphatic carbocycles. The third-order valence-electron chi connectivity index (χ3n) is 3.43. The summed E-state index contributed by atoms with van der Waals surface area (Å²) in [5.41, 5.74) is 1.24. The van der Waals surface area contributed by atoms with E-state index in [2.05, 4.69) is 15.4 Å². The van der Waals surface area contributed by atoms with Crippen LogP contribution in [0.4, 0.5) is 14.5 Å². The van der Waals surface area contributed by atoms with Crippen LogP contribution in [0.2, 0.25) is 0 Å². The molecule has 0 aliphatic rings. The van der Waals surface area contributed by atoms with E-state index in [4.69, 9.17) is 0 Å². The van der Waals surface area contributed by atoms with Crippen molar-refractivity contribution in [3.05, 3.63) is 60.6 Å². The molecule has 0 fully saturated rings. The number of nitrogens with zero attached hydrogens (tertiary/aromatic N) is 3. The molecule has 1 N–H and O–H groups in total. The van der Waals surface area contributed by atoms with Crippen LogP contribution in [0.3, 0.4) is 0 Å². The molecule has 0 saturated carbocycles. The fraction of sp³-hybridized carbons (Fsp3) is 0.188. The lowest BCUT2D eigenvalue weighted by Gasteiger charge is -2.15. The highest BCUT2D eigenvalue weighted by molar-refractivity contribution is 5.98. The van der Waals surface area contributed by atoms with Gasteiger partial charge in [-0.2, -0.15) is 13.9 Å². The maximum atomic E-state index is 14.0. The molecule has 0 bridgehead atoms. The number of amides is 1. The largest absolute Gasteiger partial charge is 0.325 e. The average Bonchev–Trinajstić information content (AvgIpc) is 2.97. The summed E-state index contributed by atoms with van der Waals surface area (Å²) in [6.07, 6.45) is 3.98. The first kappa shape index (κ1) is 15.1. The highest BCUT2D eigenvalue weighted by Crippen LogP contribution is 2.24. The van der Waals surface area contributed by atoms with Gasteiger partial charge in [0.1, 0.15) is 5.69 Å². The van der Waals surface area contributed by atoms with E-state index in [1.165, 1.54) is 16.9 Å². The number of aromatic nitrogens is 3. The van der Waals surface area contributed by atoms with Crippen molar-refractivity contribution in [3.8, 4) is 0 Å². The van der Waals surface area contributed by atoms with Gasteiger partial charge in [0, 0.05) is 18.8 Å². The van der Waals surface area contributed by atoms with Gasteiger partial charge in [-0.15, -0.1) is 0 Å². The van der Waals surface area contributed by atoms with Crippen LogP contribution in [0.5, 0.6) is 0 Å². The Bertz CT molecular complexity index is 817. The van der Waals surface area contributed by atoms with E-state index >= 15 is 0 Å². The van der Waals surface area contributed by atoms with Gasteiger partial charge in [-0.3, -0.25) is 4.79 Å². The molecule has 1 aromatic carbocycles. The van der Waals surface area contributed by atoms with E-state index in [1.807, 2.05) is 6.07 Å². The smallest absolute Gasteiger partial charge is 0.316 e. The SMILES string of the molecule is O=C(Nc1cnn2cccnc12)C(F)(F)CCc1ccccc1. The number of benzene rings is 1. The predicted molar refractivity (Wildman–Crippen MR) is 81.3 cm³/mol. The second kappa shape index (κ2) is 6.12. The van der Waals surface area contributed by atoms with Crippen LogP contribution < -0.4 is 5.32 Å². The summed E-state index contributed by atoms with van der Waals surface area (Å²) in [4.78, 5) is 15.9. The normalized spacial score (nSPS) is 11.6. The van der Waals surface area contributed by atoms with Crippen molar-refractivity contribution in [2.75, 3.05) is 5.32 Å². The number of carbonyl (C=O) groups is 1. The fourth-order valence-electron chi connectivity index (χ4n) is 2.19. The highest BCUT2D eigenvalue weighted by Gasteiger charge is 2.38.